The minimum atomic E-state index is -0.787. The summed E-state index contributed by atoms with van der Waals surface area (Å²) in [6, 6.07) is 0. The van der Waals surface area contributed by atoms with E-state index in [1.165, 1.54) is 141 Å². The van der Waals surface area contributed by atoms with Crippen molar-refractivity contribution in [3.8, 4) is 0 Å². The van der Waals surface area contributed by atoms with Crippen LogP contribution >= 0.6 is 0 Å². The third kappa shape index (κ3) is 59.2. The summed E-state index contributed by atoms with van der Waals surface area (Å²) in [6.45, 7) is 6.48. The van der Waals surface area contributed by atoms with Gasteiger partial charge in [-0.2, -0.15) is 0 Å². The third-order valence-electron chi connectivity index (χ3n) is 13.3. The van der Waals surface area contributed by atoms with E-state index in [9.17, 15) is 14.4 Å². The molecule has 0 heterocycles. The first kappa shape index (κ1) is 70.3. The van der Waals surface area contributed by atoms with Crippen LogP contribution in [0.2, 0.25) is 0 Å². The van der Waals surface area contributed by atoms with E-state index in [0.717, 1.165) is 116 Å². The molecule has 74 heavy (non-hydrogen) atoms. The van der Waals surface area contributed by atoms with Gasteiger partial charge in [0.1, 0.15) is 13.2 Å². The van der Waals surface area contributed by atoms with Crippen LogP contribution in [0.25, 0.3) is 0 Å². The standard InChI is InChI=1S/C68H116O6/c1-4-7-10-13-16-19-22-24-26-28-29-30-31-32-33-34-35-36-37-38-39-40-42-43-46-49-52-55-58-61-67(70)73-64-65(63-72-66(69)60-57-54-51-48-45-21-18-15-12-9-6-3)74-68(71)62-59-56-53-50-47-44-41-27-25-23-20-17-14-11-8-5-2/h7,10,15-16,18-19,24,26-27,29-30,32-33,35-36,41,65H,4-6,8-9,11-14,17,20-23,25,28,31,34,37-40,42-64H2,1-3H3/b10-7-,18-15-,19-16-,26-24-,30-29-,33-32-,36-35-,41-27-. The highest BCUT2D eigenvalue weighted by Crippen LogP contribution is 2.15. The number of allylic oxidation sites excluding steroid dienone is 16. The van der Waals surface area contributed by atoms with Crippen LogP contribution in [0.1, 0.15) is 297 Å². The summed E-state index contributed by atoms with van der Waals surface area (Å²) >= 11 is 0. The van der Waals surface area contributed by atoms with E-state index in [0.29, 0.717) is 19.3 Å². The molecule has 0 rings (SSSR count). The molecule has 0 saturated carbocycles. The predicted octanol–water partition coefficient (Wildman–Crippen LogP) is 21.3. The lowest BCUT2D eigenvalue weighted by molar-refractivity contribution is -0.167. The van der Waals surface area contributed by atoms with Crippen molar-refractivity contribution < 1.29 is 28.6 Å². The van der Waals surface area contributed by atoms with E-state index in [1.54, 1.807) is 0 Å². The molecule has 0 bridgehead atoms. The second kappa shape index (κ2) is 61.9. The zero-order valence-electron chi connectivity index (χ0n) is 48.6. The van der Waals surface area contributed by atoms with Crippen LogP contribution in [0, 0.1) is 0 Å². The quantitative estimate of drug-likeness (QED) is 0.0261. The number of hydrogen-bond acceptors (Lipinski definition) is 6. The second-order valence-corrected chi connectivity index (χ2v) is 20.6. The number of esters is 3. The molecule has 0 radical (unpaired) electrons. The maximum atomic E-state index is 12.9. The molecule has 0 fully saturated rings. The van der Waals surface area contributed by atoms with Gasteiger partial charge in [-0.15, -0.1) is 0 Å². The van der Waals surface area contributed by atoms with Crippen molar-refractivity contribution in [2.24, 2.45) is 0 Å². The Hall–Kier alpha value is -3.67. The highest BCUT2D eigenvalue weighted by Gasteiger charge is 2.19. The molecular weight excluding hydrogens is 913 g/mol. The zero-order valence-corrected chi connectivity index (χ0v) is 48.6. The van der Waals surface area contributed by atoms with Gasteiger partial charge in [0.2, 0.25) is 0 Å². The van der Waals surface area contributed by atoms with Gasteiger partial charge in [-0.3, -0.25) is 14.4 Å². The number of unbranched alkanes of at least 4 members (excludes halogenated alkanes) is 29. The van der Waals surface area contributed by atoms with E-state index < -0.39 is 6.10 Å². The first-order valence-corrected chi connectivity index (χ1v) is 31.2. The van der Waals surface area contributed by atoms with Gasteiger partial charge < -0.3 is 14.2 Å². The van der Waals surface area contributed by atoms with Gasteiger partial charge in [-0.25, -0.2) is 0 Å². The highest BCUT2D eigenvalue weighted by molar-refractivity contribution is 5.71. The average molecular weight is 1030 g/mol. The molecule has 0 aromatic rings. The maximum absolute atomic E-state index is 12.9. The Balaban J connectivity index is 4.25. The molecule has 0 amide bonds. The molecule has 0 aromatic carbocycles. The van der Waals surface area contributed by atoms with Gasteiger partial charge >= 0.3 is 17.9 Å². The van der Waals surface area contributed by atoms with E-state index in [1.807, 2.05) is 0 Å². The fraction of sp³-hybridized carbons (Fsp3) is 0.721. The molecule has 0 aliphatic carbocycles. The van der Waals surface area contributed by atoms with Crippen LogP contribution in [-0.4, -0.2) is 37.2 Å². The lowest BCUT2D eigenvalue weighted by Crippen LogP contribution is -2.30. The Bertz CT molecular complexity index is 1460. The van der Waals surface area contributed by atoms with Crippen molar-refractivity contribution in [3.05, 3.63) is 97.2 Å². The number of carbonyl (C=O) groups is 3. The Morgan fingerprint density at radius 2 is 0.541 bits per heavy atom. The van der Waals surface area contributed by atoms with Gasteiger partial charge in [0.15, 0.2) is 6.10 Å². The van der Waals surface area contributed by atoms with E-state index >= 15 is 0 Å². The lowest BCUT2D eigenvalue weighted by atomic mass is 10.1. The molecule has 424 valence electrons. The third-order valence-corrected chi connectivity index (χ3v) is 13.3. The molecule has 0 aliphatic heterocycles. The zero-order chi connectivity index (χ0) is 53.6. The summed E-state index contributed by atoms with van der Waals surface area (Å²) in [5, 5.41) is 0. The normalized spacial score (nSPS) is 12.7. The van der Waals surface area contributed by atoms with Crippen LogP contribution in [0.3, 0.4) is 0 Å². The van der Waals surface area contributed by atoms with Gasteiger partial charge in [0.25, 0.3) is 0 Å². The maximum Gasteiger partial charge on any atom is 0.306 e. The average Bonchev–Trinajstić information content (AvgIpc) is 3.40. The largest absolute Gasteiger partial charge is 0.462 e. The van der Waals surface area contributed by atoms with Crippen molar-refractivity contribution in [1.29, 1.82) is 0 Å². The van der Waals surface area contributed by atoms with Crippen LogP contribution in [0.15, 0.2) is 97.2 Å². The molecule has 0 N–H and O–H groups in total. The molecular formula is C68H116O6. The predicted molar refractivity (Wildman–Crippen MR) is 320 cm³/mol. The van der Waals surface area contributed by atoms with Gasteiger partial charge in [-0.05, 0) is 116 Å². The van der Waals surface area contributed by atoms with Crippen molar-refractivity contribution in [3.63, 3.8) is 0 Å². The molecule has 0 aromatic heterocycles. The first-order chi connectivity index (χ1) is 36.5. The summed E-state index contributed by atoms with van der Waals surface area (Å²) in [4.78, 5) is 38.2. The minimum absolute atomic E-state index is 0.0847. The molecule has 0 aliphatic rings. The molecule has 0 saturated heterocycles. The van der Waals surface area contributed by atoms with Crippen LogP contribution in [0.5, 0.6) is 0 Å². The Morgan fingerprint density at radius 3 is 0.878 bits per heavy atom. The number of carbonyl (C=O) groups excluding carboxylic acids is 3. The van der Waals surface area contributed by atoms with Gasteiger partial charge in [0.05, 0.1) is 0 Å². The summed E-state index contributed by atoms with van der Waals surface area (Å²) in [6.07, 6.45) is 82.7. The highest BCUT2D eigenvalue weighted by atomic mass is 16.6. The van der Waals surface area contributed by atoms with Gasteiger partial charge in [-0.1, -0.05) is 259 Å². The van der Waals surface area contributed by atoms with Crippen molar-refractivity contribution in [2.75, 3.05) is 13.2 Å². The lowest BCUT2D eigenvalue weighted by Gasteiger charge is -2.18. The summed E-state index contributed by atoms with van der Waals surface area (Å²) < 4.78 is 16.9. The van der Waals surface area contributed by atoms with Crippen molar-refractivity contribution >= 4 is 17.9 Å². The topological polar surface area (TPSA) is 78.9 Å². The number of rotatable bonds is 56. The summed E-state index contributed by atoms with van der Waals surface area (Å²) in [5.41, 5.74) is 0. The Labute approximate surface area is 457 Å². The minimum Gasteiger partial charge on any atom is -0.462 e. The van der Waals surface area contributed by atoms with Crippen LogP contribution in [0.4, 0.5) is 0 Å². The van der Waals surface area contributed by atoms with E-state index in [-0.39, 0.29) is 31.1 Å². The fourth-order valence-electron chi connectivity index (χ4n) is 8.60. The van der Waals surface area contributed by atoms with Crippen molar-refractivity contribution in [1.82, 2.24) is 0 Å². The monoisotopic (exact) mass is 1030 g/mol. The fourth-order valence-corrected chi connectivity index (χ4v) is 8.60. The molecule has 0 spiro atoms. The molecule has 1 atom stereocenters. The Kier molecular flexibility index (Phi) is 58.8. The van der Waals surface area contributed by atoms with E-state index in [4.69, 9.17) is 14.2 Å². The molecule has 6 heteroatoms. The van der Waals surface area contributed by atoms with Crippen molar-refractivity contribution in [2.45, 2.75) is 303 Å². The summed E-state index contributed by atoms with van der Waals surface area (Å²) in [7, 11) is 0. The van der Waals surface area contributed by atoms with Crippen LogP contribution < -0.4 is 0 Å². The van der Waals surface area contributed by atoms with Crippen LogP contribution in [-0.2, 0) is 28.6 Å². The second-order valence-electron chi connectivity index (χ2n) is 20.6. The number of hydrogen-bond donors (Lipinski definition) is 0. The summed E-state index contributed by atoms with van der Waals surface area (Å²) in [5.74, 6) is -0.900. The molecule has 6 nitrogen and oxygen atoms in total. The van der Waals surface area contributed by atoms with E-state index in [2.05, 4.69) is 118 Å². The molecule has 1 unspecified atom stereocenters. The SMILES string of the molecule is CC/C=C\C/C=C\C/C=C\C/C=C\C/C=C\C/C=C\CCCCCCCCCCCCC(=O)OCC(COC(=O)CCCCCCC/C=C\CCCC)OC(=O)CCCCCCC/C=C\CCCCCCCCC. The van der Waals surface area contributed by atoms with Gasteiger partial charge in [0, 0.05) is 19.3 Å². The smallest absolute Gasteiger partial charge is 0.306 e. The first-order valence-electron chi connectivity index (χ1n) is 31.2. The number of ether oxygens (including phenoxy) is 3. The Morgan fingerprint density at radius 1 is 0.284 bits per heavy atom.